The summed E-state index contributed by atoms with van der Waals surface area (Å²) in [4.78, 5) is 0. The quantitative estimate of drug-likeness (QED) is 0.594. The van der Waals surface area contributed by atoms with Gasteiger partial charge < -0.3 is 0 Å². The summed E-state index contributed by atoms with van der Waals surface area (Å²) in [5, 5.41) is 0. The van der Waals surface area contributed by atoms with Gasteiger partial charge in [0.25, 0.3) is 0 Å². The van der Waals surface area contributed by atoms with Crippen LogP contribution in [0.15, 0.2) is 42.5 Å². The molecule has 0 atom stereocenters. The van der Waals surface area contributed by atoms with Gasteiger partial charge in [0.1, 0.15) is 5.82 Å². The van der Waals surface area contributed by atoms with Gasteiger partial charge in [-0.1, -0.05) is 77.9 Å². The standard InChI is InChI=1S/C20H25F/c1-19(2,3)16-10-7-14(8-11-16)15-9-12-17(18(21)13-15)20(4,5)6/h7-13H,1-6H3. The second-order valence-corrected chi connectivity index (χ2v) is 7.77. The Kier molecular flexibility index (Phi) is 3.97. The lowest BCUT2D eigenvalue weighted by atomic mass is 9.84. The molecule has 0 saturated carbocycles. The molecule has 0 nitrogen and oxygen atoms in total. The monoisotopic (exact) mass is 284 g/mol. The van der Waals surface area contributed by atoms with Gasteiger partial charge in [-0.3, -0.25) is 0 Å². The molecule has 0 aliphatic carbocycles. The van der Waals surface area contributed by atoms with Crippen molar-refractivity contribution in [2.75, 3.05) is 0 Å². The summed E-state index contributed by atoms with van der Waals surface area (Å²) in [6, 6.07) is 14.0. The molecule has 0 aliphatic rings. The second kappa shape index (κ2) is 5.29. The van der Waals surface area contributed by atoms with Crippen LogP contribution in [0.25, 0.3) is 11.1 Å². The van der Waals surface area contributed by atoms with Gasteiger partial charge >= 0.3 is 0 Å². The van der Waals surface area contributed by atoms with Crippen LogP contribution in [-0.4, -0.2) is 0 Å². The van der Waals surface area contributed by atoms with Crippen molar-refractivity contribution in [1.82, 2.24) is 0 Å². The van der Waals surface area contributed by atoms with Crippen LogP contribution in [0.1, 0.15) is 52.7 Å². The van der Waals surface area contributed by atoms with Crippen LogP contribution in [-0.2, 0) is 10.8 Å². The second-order valence-electron chi connectivity index (χ2n) is 7.77. The molecule has 0 bridgehead atoms. The van der Waals surface area contributed by atoms with E-state index in [4.69, 9.17) is 0 Å². The highest BCUT2D eigenvalue weighted by molar-refractivity contribution is 5.64. The molecular weight excluding hydrogens is 259 g/mol. The molecular formula is C20H25F. The summed E-state index contributed by atoms with van der Waals surface area (Å²) >= 11 is 0. The van der Waals surface area contributed by atoms with Crippen molar-refractivity contribution in [3.8, 4) is 11.1 Å². The Morgan fingerprint density at radius 2 is 1.19 bits per heavy atom. The van der Waals surface area contributed by atoms with Crippen LogP contribution in [0.3, 0.4) is 0 Å². The molecule has 0 radical (unpaired) electrons. The van der Waals surface area contributed by atoms with Crippen molar-refractivity contribution in [1.29, 1.82) is 0 Å². The highest BCUT2D eigenvalue weighted by Crippen LogP contribution is 2.30. The largest absolute Gasteiger partial charge is 0.207 e. The molecule has 21 heavy (non-hydrogen) atoms. The van der Waals surface area contributed by atoms with E-state index in [1.165, 1.54) is 5.56 Å². The maximum atomic E-state index is 14.3. The minimum absolute atomic E-state index is 0.125. The van der Waals surface area contributed by atoms with Crippen LogP contribution < -0.4 is 0 Å². The lowest BCUT2D eigenvalue weighted by Gasteiger charge is -2.21. The summed E-state index contributed by atoms with van der Waals surface area (Å²) < 4.78 is 14.3. The number of benzene rings is 2. The van der Waals surface area contributed by atoms with Crippen molar-refractivity contribution in [3.05, 3.63) is 59.4 Å². The highest BCUT2D eigenvalue weighted by atomic mass is 19.1. The number of halogens is 1. The van der Waals surface area contributed by atoms with Crippen molar-refractivity contribution < 1.29 is 4.39 Å². The van der Waals surface area contributed by atoms with E-state index in [1.807, 2.05) is 32.9 Å². The Hall–Kier alpha value is -1.63. The predicted molar refractivity (Wildman–Crippen MR) is 89.2 cm³/mol. The van der Waals surface area contributed by atoms with Gasteiger partial charge in [0, 0.05) is 0 Å². The van der Waals surface area contributed by atoms with Crippen LogP contribution >= 0.6 is 0 Å². The Labute approximate surface area is 128 Å². The van der Waals surface area contributed by atoms with Gasteiger partial charge in [-0.2, -0.15) is 0 Å². The fraction of sp³-hybridized carbons (Fsp3) is 0.400. The molecule has 0 aliphatic heterocycles. The predicted octanol–water partition coefficient (Wildman–Crippen LogP) is 6.09. The molecule has 2 aromatic rings. The molecule has 0 amide bonds. The topological polar surface area (TPSA) is 0 Å². The van der Waals surface area contributed by atoms with Crippen LogP contribution in [0.4, 0.5) is 4.39 Å². The Balaban J connectivity index is 2.37. The van der Waals surface area contributed by atoms with E-state index in [-0.39, 0.29) is 16.6 Å². The normalized spacial score (nSPS) is 12.5. The average molecular weight is 284 g/mol. The number of rotatable bonds is 1. The molecule has 2 aromatic carbocycles. The van der Waals surface area contributed by atoms with Crippen molar-refractivity contribution in [3.63, 3.8) is 0 Å². The van der Waals surface area contributed by atoms with Crippen LogP contribution in [0, 0.1) is 5.82 Å². The molecule has 0 unspecified atom stereocenters. The zero-order chi connectivity index (χ0) is 15.8. The summed E-state index contributed by atoms with van der Waals surface area (Å²) in [7, 11) is 0. The van der Waals surface area contributed by atoms with Gasteiger partial charge in [0.05, 0.1) is 0 Å². The number of hydrogen-bond donors (Lipinski definition) is 0. The molecule has 0 saturated heterocycles. The van der Waals surface area contributed by atoms with Gasteiger partial charge in [-0.15, -0.1) is 0 Å². The van der Waals surface area contributed by atoms with Crippen molar-refractivity contribution in [2.24, 2.45) is 0 Å². The lowest BCUT2D eigenvalue weighted by Crippen LogP contribution is -2.13. The number of hydrogen-bond acceptors (Lipinski definition) is 0. The third-order valence-corrected chi connectivity index (χ3v) is 3.86. The van der Waals surface area contributed by atoms with Gasteiger partial charge in [0.15, 0.2) is 0 Å². The first-order valence-corrected chi connectivity index (χ1v) is 7.50. The Morgan fingerprint density at radius 3 is 1.62 bits per heavy atom. The van der Waals surface area contributed by atoms with Gasteiger partial charge in [-0.25, -0.2) is 4.39 Å². The fourth-order valence-electron chi connectivity index (χ4n) is 2.47. The minimum Gasteiger partial charge on any atom is -0.207 e. The first-order valence-electron chi connectivity index (χ1n) is 7.50. The smallest absolute Gasteiger partial charge is 0.127 e. The Morgan fingerprint density at radius 1 is 0.667 bits per heavy atom. The van der Waals surface area contributed by atoms with Crippen LogP contribution in [0.2, 0.25) is 0 Å². The molecule has 0 fully saturated rings. The zero-order valence-electron chi connectivity index (χ0n) is 13.9. The van der Waals surface area contributed by atoms with E-state index in [0.29, 0.717) is 0 Å². The molecule has 1 heteroatoms. The average Bonchev–Trinajstić information content (AvgIpc) is 2.36. The first kappa shape index (κ1) is 15.8. The molecule has 0 aromatic heterocycles. The van der Waals surface area contributed by atoms with E-state index < -0.39 is 0 Å². The summed E-state index contributed by atoms with van der Waals surface area (Å²) in [6.45, 7) is 12.7. The Bertz CT molecular complexity index is 622. The van der Waals surface area contributed by atoms with Gasteiger partial charge in [-0.05, 0) is 39.2 Å². The fourth-order valence-corrected chi connectivity index (χ4v) is 2.47. The third-order valence-electron chi connectivity index (χ3n) is 3.86. The van der Waals surface area contributed by atoms with E-state index >= 15 is 0 Å². The van der Waals surface area contributed by atoms with Gasteiger partial charge in [0.2, 0.25) is 0 Å². The maximum Gasteiger partial charge on any atom is 0.127 e. The summed E-state index contributed by atoms with van der Waals surface area (Å²) in [5.74, 6) is -0.125. The maximum absolute atomic E-state index is 14.3. The van der Waals surface area contributed by atoms with E-state index in [0.717, 1.165) is 16.7 Å². The summed E-state index contributed by atoms with van der Waals surface area (Å²) in [6.07, 6.45) is 0. The molecule has 112 valence electrons. The molecule has 2 rings (SSSR count). The SMILES string of the molecule is CC(C)(C)c1ccc(-c2ccc(C(C)(C)C)c(F)c2)cc1. The van der Waals surface area contributed by atoms with E-state index in [1.54, 1.807) is 6.07 Å². The van der Waals surface area contributed by atoms with Crippen molar-refractivity contribution in [2.45, 2.75) is 52.4 Å². The minimum atomic E-state index is -0.168. The lowest BCUT2D eigenvalue weighted by molar-refractivity contribution is 0.523. The first-order chi connectivity index (χ1) is 9.59. The van der Waals surface area contributed by atoms with E-state index in [9.17, 15) is 4.39 Å². The van der Waals surface area contributed by atoms with E-state index in [2.05, 4.69) is 45.0 Å². The molecule has 0 heterocycles. The van der Waals surface area contributed by atoms with Crippen LogP contribution in [0.5, 0.6) is 0 Å². The molecule has 0 N–H and O–H groups in total. The third kappa shape index (κ3) is 3.53. The van der Waals surface area contributed by atoms with Crippen molar-refractivity contribution >= 4 is 0 Å². The summed E-state index contributed by atoms with van der Waals surface area (Å²) in [5.41, 5.74) is 4.01. The highest BCUT2D eigenvalue weighted by Gasteiger charge is 2.19. The zero-order valence-corrected chi connectivity index (χ0v) is 13.9. The molecule has 0 spiro atoms.